The van der Waals surface area contributed by atoms with Gasteiger partial charge in [-0.25, -0.2) is 0 Å². The van der Waals surface area contributed by atoms with Crippen LogP contribution in [-0.4, -0.2) is 33.6 Å². The van der Waals surface area contributed by atoms with Crippen LogP contribution in [0.4, 0.5) is 5.69 Å². The molecule has 0 radical (unpaired) electrons. The number of aliphatic hydroxyl groups excluding tert-OH is 1. The molecular formula is C19H24BrNO3. The Morgan fingerprint density at radius 2 is 2.00 bits per heavy atom. The number of benzene rings is 1. The highest BCUT2D eigenvalue weighted by Crippen LogP contribution is 2.28. The van der Waals surface area contributed by atoms with E-state index >= 15 is 0 Å². The van der Waals surface area contributed by atoms with Crippen molar-refractivity contribution in [2.45, 2.75) is 37.6 Å². The lowest BCUT2D eigenvalue weighted by Crippen LogP contribution is -2.42. The Morgan fingerprint density at radius 3 is 2.54 bits per heavy atom. The van der Waals surface area contributed by atoms with Gasteiger partial charge in [0.1, 0.15) is 5.75 Å². The Hall–Kier alpha value is -1.59. The van der Waals surface area contributed by atoms with Crippen molar-refractivity contribution in [3.05, 3.63) is 48.1 Å². The summed E-state index contributed by atoms with van der Waals surface area (Å²) in [6.45, 7) is 3.70. The number of carbonyl (C=O) groups is 1. The zero-order valence-corrected chi connectivity index (χ0v) is 15.6. The molecule has 2 N–H and O–H groups in total. The zero-order valence-electron chi connectivity index (χ0n) is 14.0. The first-order valence-electron chi connectivity index (χ1n) is 8.15. The molecule has 0 aromatic heterocycles. The summed E-state index contributed by atoms with van der Waals surface area (Å²) < 4.78 is 0. The fraction of sp³-hybridized carbons (Fsp3) is 0.421. The molecule has 1 aliphatic carbocycles. The Balaban J connectivity index is 2.19. The third kappa shape index (κ3) is 4.71. The summed E-state index contributed by atoms with van der Waals surface area (Å²) in [5.41, 5.74) is 1.88. The Kier molecular flexibility index (Phi) is 6.63. The molecule has 0 saturated heterocycles. The summed E-state index contributed by atoms with van der Waals surface area (Å²) in [7, 11) is 0. The van der Waals surface area contributed by atoms with Gasteiger partial charge in [0.2, 0.25) is 5.91 Å². The summed E-state index contributed by atoms with van der Waals surface area (Å²) in [4.78, 5) is 15.0. The number of alkyl halides is 1. The van der Waals surface area contributed by atoms with Gasteiger partial charge in [-0.15, -0.1) is 0 Å². The van der Waals surface area contributed by atoms with Crippen molar-refractivity contribution in [3.8, 4) is 5.75 Å². The number of carbonyl (C=O) groups excluding carboxylic acids is 1. The molecule has 2 atom stereocenters. The number of nitrogens with zero attached hydrogens (tertiary/aromatic N) is 1. The lowest BCUT2D eigenvalue weighted by atomic mass is 9.92. The first-order chi connectivity index (χ1) is 11.4. The third-order valence-corrected chi connectivity index (χ3v) is 4.70. The molecule has 1 amide bonds. The van der Waals surface area contributed by atoms with E-state index in [1.54, 1.807) is 29.2 Å². The van der Waals surface area contributed by atoms with Crippen molar-refractivity contribution in [2.24, 2.45) is 5.92 Å². The number of hydrogen-bond acceptors (Lipinski definition) is 3. The number of rotatable bonds is 6. The van der Waals surface area contributed by atoms with Gasteiger partial charge < -0.3 is 15.1 Å². The molecule has 0 spiro atoms. The summed E-state index contributed by atoms with van der Waals surface area (Å²) in [6.07, 6.45) is 7.46. The lowest BCUT2D eigenvalue weighted by Gasteiger charge is -2.31. The average Bonchev–Trinajstić information content (AvgIpc) is 2.54. The highest BCUT2D eigenvalue weighted by molar-refractivity contribution is 9.09. The van der Waals surface area contributed by atoms with Crippen LogP contribution in [0.1, 0.15) is 26.7 Å². The van der Waals surface area contributed by atoms with Gasteiger partial charge in [-0.05, 0) is 51.0 Å². The number of hydrogen-bond donors (Lipinski definition) is 2. The van der Waals surface area contributed by atoms with Crippen molar-refractivity contribution in [3.63, 3.8) is 0 Å². The predicted octanol–water partition coefficient (Wildman–Crippen LogP) is 3.78. The Morgan fingerprint density at radius 1 is 1.33 bits per heavy atom. The van der Waals surface area contributed by atoms with Crippen LogP contribution in [0, 0.1) is 5.92 Å². The van der Waals surface area contributed by atoms with Gasteiger partial charge in [-0.3, -0.25) is 4.79 Å². The number of aromatic hydroxyl groups is 1. The molecule has 2 rings (SSSR count). The van der Waals surface area contributed by atoms with Gasteiger partial charge in [0.15, 0.2) is 0 Å². The molecule has 0 saturated carbocycles. The summed E-state index contributed by atoms with van der Waals surface area (Å²) in [6, 6.07) is 6.53. The van der Waals surface area contributed by atoms with E-state index in [0.29, 0.717) is 6.42 Å². The van der Waals surface area contributed by atoms with Gasteiger partial charge in [-0.1, -0.05) is 39.7 Å². The van der Waals surface area contributed by atoms with Gasteiger partial charge in [0, 0.05) is 16.6 Å². The second kappa shape index (κ2) is 8.49. The van der Waals surface area contributed by atoms with Crippen molar-refractivity contribution in [1.82, 2.24) is 0 Å². The molecule has 0 fully saturated rings. The predicted molar refractivity (Wildman–Crippen MR) is 100 cm³/mol. The summed E-state index contributed by atoms with van der Waals surface area (Å²) in [5.74, 6) is -0.408. The zero-order chi connectivity index (χ0) is 17.7. The second-order valence-corrected chi connectivity index (χ2v) is 7.51. The normalized spacial score (nSPS) is 18.4. The first-order valence-corrected chi connectivity index (χ1v) is 9.07. The minimum absolute atomic E-state index is 0.0414. The average molecular weight is 394 g/mol. The maximum atomic E-state index is 13.0. The van der Waals surface area contributed by atoms with Crippen molar-refractivity contribution >= 4 is 27.5 Å². The van der Waals surface area contributed by atoms with Crippen LogP contribution in [0.2, 0.25) is 0 Å². The van der Waals surface area contributed by atoms with Crippen molar-refractivity contribution in [1.29, 1.82) is 0 Å². The van der Waals surface area contributed by atoms with Crippen molar-refractivity contribution in [2.75, 3.05) is 11.5 Å². The molecule has 0 aliphatic heterocycles. The van der Waals surface area contributed by atoms with E-state index in [1.807, 2.05) is 26.0 Å². The quantitative estimate of drug-likeness (QED) is 0.722. The van der Waals surface area contributed by atoms with Crippen LogP contribution >= 0.6 is 15.9 Å². The lowest BCUT2D eigenvalue weighted by molar-refractivity contribution is -0.123. The summed E-state index contributed by atoms with van der Waals surface area (Å²) in [5, 5.41) is 19.2. The van der Waals surface area contributed by atoms with E-state index in [1.165, 1.54) is 0 Å². The fourth-order valence-electron chi connectivity index (χ4n) is 2.89. The first kappa shape index (κ1) is 18.7. The number of amides is 1. The maximum Gasteiger partial charge on any atom is 0.232 e. The number of phenolic OH excluding ortho intramolecular Hbond substituents is 1. The number of phenols is 1. The van der Waals surface area contributed by atoms with Crippen molar-refractivity contribution < 1.29 is 15.0 Å². The van der Waals surface area contributed by atoms with Crippen LogP contribution in [0.25, 0.3) is 0 Å². The standard InChI is InChI=1S/C19H24BrNO3/c1-13(2)21(17-6-8-18(23)9-7-17)19(24)15(12-22)10-14-4-3-5-16(20)11-14/h3-9,13,15-16,22-23H,10-12H2,1-2H3. The number of allylic oxidation sites excluding steroid dienone is 4. The molecule has 4 nitrogen and oxygen atoms in total. The van der Waals surface area contributed by atoms with Crippen LogP contribution in [-0.2, 0) is 4.79 Å². The van der Waals surface area contributed by atoms with Crippen LogP contribution in [0.3, 0.4) is 0 Å². The Bertz CT molecular complexity index is 622. The third-order valence-electron chi connectivity index (χ3n) is 4.07. The minimum Gasteiger partial charge on any atom is -0.508 e. The molecule has 1 aromatic rings. The molecule has 5 heteroatoms. The van der Waals surface area contributed by atoms with Crippen LogP contribution < -0.4 is 4.90 Å². The van der Waals surface area contributed by atoms with E-state index in [-0.39, 0.29) is 29.1 Å². The van der Waals surface area contributed by atoms with E-state index in [9.17, 15) is 15.0 Å². The van der Waals surface area contributed by atoms with Gasteiger partial charge >= 0.3 is 0 Å². The molecule has 2 unspecified atom stereocenters. The maximum absolute atomic E-state index is 13.0. The molecule has 130 valence electrons. The van der Waals surface area contributed by atoms with Gasteiger partial charge in [0.05, 0.1) is 12.5 Å². The van der Waals surface area contributed by atoms with E-state index < -0.39 is 5.92 Å². The highest BCUT2D eigenvalue weighted by atomic mass is 79.9. The minimum atomic E-state index is -0.473. The largest absolute Gasteiger partial charge is 0.508 e. The van der Waals surface area contributed by atoms with Gasteiger partial charge in [-0.2, -0.15) is 0 Å². The van der Waals surface area contributed by atoms with Gasteiger partial charge in [0.25, 0.3) is 0 Å². The molecule has 1 aliphatic rings. The number of anilines is 1. The van der Waals surface area contributed by atoms with E-state index in [0.717, 1.165) is 17.7 Å². The molecule has 24 heavy (non-hydrogen) atoms. The van der Waals surface area contributed by atoms with E-state index in [2.05, 4.69) is 22.0 Å². The van der Waals surface area contributed by atoms with E-state index in [4.69, 9.17) is 0 Å². The topological polar surface area (TPSA) is 60.8 Å². The highest BCUT2D eigenvalue weighted by Gasteiger charge is 2.28. The smallest absolute Gasteiger partial charge is 0.232 e. The van der Waals surface area contributed by atoms with Crippen LogP contribution in [0.15, 0.2) is 48.1 Å². The SMILES string of the molecule is CC(C)N(C(=O)C(CO)CC1=CC=CC(Br)C1)c1ccc(O)cc1. The fourth-order valence-corrected chi connectivity index (χ4v) is 3.48. The monoisotopic (exact) mass is 393 g/mol. The summed E-state index contributed by atoms with van der Waals surface area (Å²) >= 11 is 3.56. The molecule has 0 bridgehead atoms. The molecular weight excluding hydrogens is 370 g/mol. The number of halogens is 1. The second-order valence-electron chi connectivity index (χ2n) is 6.33. The van der Waals surface area contributed by atoms with Crippen LogP contribution in [0.5, 0.6) is 5.75 Å². The molecule has 0 heterocycles. The Labute approximate surface area is 151 Å². The number of aliphatic hydroxyl groups is 1. The molecule has 1 aromatic carbocycles.